The largest absolute Gasteiger partial charge is 0.392 e. The first-order chi connectivity index (χ1) is 9.21. The molecule has 0 bridgehead atoms. The fraction of sp³-hybridized carbons (Fsp3) is 0.909. The number of rotatable bonds is 7. The van der Waals surface area contributed by atoms with E-state index < -0.39 is 15.7 Å². The van der Waals surface area contributed by atoms with Gasteiger partial charge in [0.05, 0.1) is 17.1 Å². The van der Waals surface area contributed by atoms with Gasteiger partial charge in [0.2, 0.25) is 0 Å². The van der Waals surface area contributed by atoms with Crippen molar-refractivity contribution in [1.29, 1.82) is 0 Å². The topological polar surface area (TPSA) is 87.9 Å². The Morgan fingerprint density at radius 1 is 1.35 bits per heavy atom. The van der Waals surface area contributed by atoms with Crippen molar-refractivity contribution in [2.75, 3.05) is 46.4 Å². The lowest BCUT2D eigenvalue weighted by atomic mass is 10.0. The Morgan fingerprint density at radius 3 is 2.35 bits per heavy atom. The van der Waals surface area contributed by atoms with Gasteiger partial charge in [-0.1, -0.05) is 12.2 Å². The first-order valence-electron chi connectivity index (χ1n) is 6.50. The summed E-state index contributed by atoms with van der Waals surface area (Å²) in [7, 11) is -1.90. The van der Waals surface area contributed by atoms with Crippen LogP contribution in [0.2, 0.25) is 0 Å². The van der Waals surface area contributed by atoms with Crippen molar-refractivity contribution in [3.8, 4) is 0 Å². The maximum atomic E-state index is 12.0. The summed E-state index contributed by atoms with van der Waals surface area (Å²) in [6.45, 7) is 6.60. The van der Waals surface area contributed by atoms with E-state index in [0.29, 0.717) is 37.8 Å². The quantitative estimate of drug-likeness (QED) is 0.468. The van der Waals surface area contributed by atoms with E-state index in [1.54, 1.807) is 0 Å². The van der Waals surface area contributed by atoms with Crippen molar-refractivity contribution in [3.05, 3.63) is 0 Å². The second-order valence-corrected chi connectivity index (χ2v) is 7.40. The molecular formula is C11H24N4O3S2. The standard InChI is InChI=1S/C11H24N4O3S2/c1-11(2,10(12)19)14-5-7-15(8-6-14)20(16,17)13-4-9-18-3/h13H,4-9H2,1-3H3,(H2,12,19). The molecule has 0 atom stereocenters. The molecule has 20 heavy (non-hydrogen) atoms. The van der Waals surface area contributed by atoms with Crippen LogP contribution in [0.5, 0.6) is 0 Å². The second kappa shape index (κ2) is 7.10. The van der Waals surface area contributed by atoms with Crippen LogP contribution in [0.3, 0.4) is 0 Å². The van der Waals surface area contributed by atoms with E-state index in [1.807, 2.05) is 13.8 Å². The molecule has 0 spiro atoms. The highest BCUT2D eigenvalue weighted by atomic mass is 32.2. The molecule has 1 heterocycles. The lowest BCUT2D eigenvalue weighted by molar-refractivity contribution is 0.122. The van der Waals surface area contributed by atoms with E-state index in [9.17, 15) is 8.42 Å². The minimum absolute atomic E-state index is 0.275. The molecule has 3 N–H and O–H groups in total. The molecule has 1 aliphatic heterocycles. The van der Waals surface area contributed by atoms with E-state index in [1.165, 1.54) is 11.4 Å². The summed E-state index contributed by atoms with van der Waals surface area (Å²) in [6, 6.07) is 0. The lowest BCUT2D eigenvalue weighted by Crippen LogP contribution is -2.60. The Labute approximate surface area is 126 Å². The average molecular weight is 324 g/mol. The Balaban J connectivity index is 2.56. The number of nitrogens with zero attached hydrogens (tertiary/aromatic N) is 2. The summed E-state index contributed by atoms with van der Waals surface area (Å²) >= 11 is 5.06. The zero-order chi connectivity index (χ0) is 15.4. The molecule has 9 heteroatoms. The molecule has 118 valence electrons. The third-order valence-corrected chi connectivity index (χ3v) is 5.68. The van der Waals surface area contributed by atoms with E-state index in [2.05, 4.69) is 9.62 Å². The maximum Gasteiger partial charge on any atom is 0.279 e. The molecule has 1 rings (SSSR count). The number of nitrogens with two attached hydrogens (primary N) is 1. The van der Waals surface area contributed by atoms with E-state index in [-0.39, 0.29) is 6.54 Å². The van der Waals surface area contributed by atoms with Crippen LogP contribution in [-0.2, 0) is 14.9 Å². The molecule has 7 nitrogen and oxygen atoms in total. The van der Waals surface area contributed by atoms with E-state index >= 15 is 0 Å². The Hall–Kier alpha value is -0.320. The van der Waals surface area contributed by atoms with E-state index in [0.717, 1.165) is 0 Å². The first kappa shape index (κ1) is 17.7. The van der Waals surface area contributed by atoms with Crippen LogP contribution in [-0.4, -0.2) is 74.6 Å². The van der Waals surface area contributed by atoms with Gasteiger partial charge in [-0.3, -0.25) is 4.90 Å². The summed E-state index contributed by atoms with van der Waals surface area (Å²) in [5.74, 6) is 0. The van der Waals surface area contributed by atoms with Crippen LogP contribution in [0, 0.1) is 0 Å². The van der Waals surface area contributed by atoms with Crippen molar-refractivity contribution < 1.29 is 13.2 Å². The number of thiocarbonyl (C=S) groups is 1. The van der Waals surface area contributed by atoms with Gasteiger partial charge in [-0.25, -0.2) is 0 Å². The fourth-order valence-corrected chi connectivity index (χ4v) is 3.30. The van der Waals surface area contributed by atoms with Crippen molar-refractivity contribution in [2.24, 2.45) is 5.73 Å². The molecule has 0 saturated carbocycles. The summed E-state index contributed by atoms with van der Waals surface area (Å²) < 4.78 is 32.9. The van der Waals surface area contributed by atoms with Crippen LogP contribution in [0.1, 0.15) is 13.8 Å². The predicted octanol–water partition coefficient (Wildman–Crippen LogP) is -0.850. The SMILES string of the molecule is COCCNS(=O)(=O)N1CCN(C(C)(C)C(N)=S)CC1. The van der Waals surface area contributed by atoms with Gasteiger partial charge in [-0.15, -0.1) is 0 Å². The number of nitrogens with one attached hydrogen (secondary N) is 1. The maximum absolute atomic E-state index is 12.0. The highest BCUT2D eigenvalue weighted by Gasteiger charge is 2.35. The summed E-state index contributed by atoms with van der Waals surface area (Å²) in [5, 5.41) is 0. The summed E-state index contributed by atoms with van der Waals surface area (Å²) in [6.07, 6.45) is 0. The third-order valence-electron chi connectivity index (χ3n) is 3.56. The minimum atomic E-state index is -3.43. The van der Waals surface area contributed by atoms with Gasteiger partial charge in [0.1, 0.15) is 0 Å². The zero-order valence-corrected chi connectivity index (χ0v) is 13.9. The molecule has 0 aromatic heterocycles. The van der Waals surface area contributed by atoms with Gasteiger partial charge < -0.3 is 10.5 Å². The Kier molecular flexibility index (Phi) is 6.29. The van der Waals surface area contributed by atoms with Gasteiger partial charge >= 0.3 is 0 Å². The Morgan fingerprint density at radius 2 is 1.90 bits per heavy atom. The van der Waals surface area contributed by atoms with Crippen LogP contribution >= 0.6 is 12.2 Å². The smallest absolute Gasteiger partial charge is 0.279 e. The Bertz CT molecular complexity index is 431. The van der Waals surface area contributed by atoms with Crippen molar-refractivity contribution in [2.45, 2.75) is 19.4 Å². The van der Waals surface area contributed by atoms with Gasteiger partial charge in [0.15, 0.2) is 0 Å². The molecule has 0 aromatic carbocycles. The van der Waals surface area contributed by atoms with Crippen LogP contribution in [0.15, 0.2) is 0 Å². The van der Waals surface area contributed by atoms with Crippen molar-refractivity contribution in [1.82, 2.24) is 13.9 Å². The molecule has 1 fully saturated rings. The number of hydrogen-bond acceptors (Lipinski definition) is 5. The second-order valence-electron chi connectivity index (χ2n) is 5.20. The fourth-order valence-electron chi connectivity index (χ4n) is 2.01. The highest BCUT2D eigenvalue weighted by Crippen LogP contribution is 2.18. The monoisotopic (exact) mass is 324 g/mol. The first-order valence-corrected chi connectivity index (χ1v) is 8.35. The average Bonchev–Trinajstić information content (AvgIpc) is 2.39. The van der Waals surface area contributed by atoms with Gasteiger partial charge in [-0.05, 0) is 13.8 Å². The van der Waals surface area contributed by atoms with Crippen LogP contribution < -0.4 is 10.5 Å². The molecule has 0 radical (unpaired) electrons. The summed E-state index contributed by atoms with van der Waals surface area (Å²) in [5.41, 5.74) is 5.34. The molecule has 1 saturated heterocycles. The van der Waals surface area contributed by atoms with Gasteiger partial charge in [0.25, 0.3) is 10.2 Å². The number of hydrogen-bond donors (Lipinski definition) is 2. The molecule has 0 unspecified atom stereocenters. The summed E-state index contributed by atoms with van der Waals surface area (Å²) in [4.78, 5) is 2.53. The number of piperazine rings is 1. The number of ether oxygens (including phenoxy) is 1. The third kappa shape index (κ3) is 4.34. The van der Waals surface area contributed by atoms with Crippen LogP contribution in [0.25, 0.3) is 0 Å². The normalized spacial score (nSPS) is 19.1. The molecular weight excluding hydrogens is 300 g/mol. The van der Waals surface area contributed by atoms with Gasteiger partial charge in [-0.2, -0.15) is 17.4 Å². The van der Waals surface area contributed by atoms with Crippen LogP contribution in [0.4, 0.5) is 0 Å². The number of methoxy groups -OCH3 is 1. The van der Waals surface area contributed by atoms with Crippen molar-refractivity contribution in [3.63, 3.8) is 0 Å². The molecule has 0 aliphatic carbocycles. The van der Waals surface area contributed by atoms with E-state index in [4.69, 9.17) is 22.7 Å². The van der Waals surface area contributed by atoms with Crippen molar-refractivity contribution >= 4 is 27.4 Å². The minimum Gasteiger partial charge on any atom is -0.392 e. The predicted molar refractivity (Wildman–Crippen MR) is 82.8 cm³/mol. The molecule has 1 aliphatic rings. The lowest BCUT2D eigenvalue weighted by Gasteiger charge is -2.42. The van der Waals surface area contributed by atoms with Gasteiger partial charge in [0, 0.05) is 39.8 Å². The molecule has 0 aromatic rings. The highest BCUT2D eigenvalue weighted by molar-refractivity contribution is 7.87. The molecule has 0 amide bonds. The zero-order valence-electron chi connectivity index (χ0n) is 12.3.